The summed E-state index contributed by atoms with van der Waals surface area (Å²) >= 11 is 0. The molecule has 2 aliphatic carbocycles. The van der Waals surface area contributed by atoms with Crippen LogP contribution < -0.4 is 5.73 Å². The van der Waals surface area contributed by atoms with Crippen LogP contribution in [0.1, 0.15) is 51.9 Å². The van der Waals surface area contributed by atoms with Gasteiger partial charge in [-0.2, -0.15) is 0 Å². The molecular formula is C15H27NO2. The summed E-state index contributed by atoms with van der Waals surface area (Å²) in [4.78, 5) is 0. The lowest BCUT2D eigenvalue weighted by molar-refractivity contribution is -0.181. The van der Waals surface area contributed by atoms with Crippen LogP contribution >= 0.6 is 0 Å². The zero-order valence-corrected chi connectivity index (χ0v) is 11.5. The van der Waals surface area contributed by atoms with Crippen LogP contribution in [0.3, 0.4) is 0 Å². The molecule has 3 aliphatic rings. The lowest BCUT2D eigenvalue weighted by Gasteiger charge is -2.53. The molecule has 2 bridgehead atoms. The largest absolute Gasteiger partial charge is 0.389 e. The summed E-state index contributed by atoms with van der Waals surface area (Å²) in [6.45, 7) is 3.50. The summed E-state index contributed by atoms with van der Waals surface area (Å²) in [5.41, 5.74) is 5.58. The van der Waals surface area contributed by atoms with Crippen molar-refractivity contribution >= 4 is 0 Å². The maximum atomic E-state index is 11.3. The number of ether oxygens (including phenoxy) is 1. The first-order valence-corrected chi connectivity index (χ1v) is 7.67. The number of hydrogen-bond donors (Lipinski definition) is 2. The second-order valence-electron chi connectivity index (χ2n) is 6.83. The molecule has 3 fully saturated rings. The molecule has 0 spiro atoms. The molecule has 5 atom stereocenters. The highest BCUT2D eigenvalue weighted by Crippen LogP contribution is 2.62. The van der Waals surface area contributed by atoms with E-state index in [0.717, 1.165) is 31.6 Å². The molecule has 104 valence electrons. The molecule has 1 saturated heterocycles. The van der Waals surface area contributed by atoms with Crippen LogP contribution in [0.25, 0.3) is 0 Å². The highest BCUT2D eigenvalue weighted by molar-refractivity contribution is 5.12. The smallest absolute Gasteiger partial charge is 0.0765 e. The third-order valence-electron chi connectivity index (χ3n) is 6.16. The van der Waals surface area contributed by atoms with Crippen LogP contribution in [-0.2, 0) is 4.74 Å². The van der Waals surface area contributed by atoms with Gasteiger partial charge in [0, 0.05) is 31.4 Å². The van der Waals surface area contributed by atoms with Crippen molar-refractivity contribution in [1.29, 1.82) is 0 Å². The van der Waals surface area contributed by atoms with Crippen molar-refractivity contribution in [2.24, 2.45) is 23.0 Å². The van der Waals surface area contributed by atoms with Gasteiger partial charge in [0.1, 0.15) is 0 Å². The van der Waals surface area contributed by atoms with E-state index in [1.165, 1.54) is 19.3 Å². The first-order chi connectivity index (χ1) is 8.63. The lowest BCUT2D eigenvalue weighted by Crippen LogP contribution is -2.59. The Morgan fingerprint density at radius 3 is 2.72 bits per heavy atom. The second-order valence-corrected chi connectivity index (χ2v) is 6.83. The molecule has 3 rings (SSSR count). The van der Waals surface area contributed by atoms with E-state index >= 15 is 0 Å². The summed E-state index contributed by atoms with van der Waals surface area (Å²) in [5, 5.41) is 11.3. The monoisotopic (exact) mass is 253 g/mol. The van der Waals surface area contributed by atoms with E-state index in [4.69, 9.17) is 10.5 Å². The quantitative estimate of drug-likeness (QED) is 0.809. The molecule has 0 amide bonds. The minimum absolute atomic E-state index is 0.00683. The van der Waals surface area contributed by atoms with Crippen LogP contribution in [0.15, 0.2) is 0 Å². The van der Waals surface area contributed by atoms with Gasteiger partial charge >= 0.3 is 0 Å². The Bertz CT molecular complexity index is 322. The molecular weight excluding hydrogens is 226 g/mol. The molecule has 0 radical (unpaired) electrons. The minimum atomic E-state index is -0.569. The summed E-state index contributed by atoms with van der Waals surface area (Å²) in [7, 11) is 0. The molecule has 3 heteroatoms. The van der Waals surface area contributed by atoms with E-state index in [1.807, 2.05) is 0 Å². The van der Waals surface area contributed by atoms with E-state index in [0.29, 0.717) is 19.1 Å². The second kappa shape index (κ2) is 4.46. The number of nitrogens with two attached hydrogens (primary N) is 1. The highest BCUT2D eigenvalue weighted by Gasteiger charge is 2.61. The van der Waals surface area contributed by atoms with Gasteiger partial charge in [0.15, 0.2) is 0 Å². The van der Waals surface area contributed by atoms with Crippen molar-refractivity contribution in [2.45, 2.75) is 63.6 Å². The zero-order valence-electron chi connectivity index (χ0n) is 11.5. The van der Waals surface area contributed by atoms with E-state index in [1.54, 1.807) is 0 Å². The normalized spacial score (nSPS) is 51.8. The van der Waals surface area contributed by atoms with Crippen molar-refractivity contribution in [3.05, 3.63) is 0 Å². The fourth-order valence-electron chi connectivity index (χ4n) is 5.10. The third kappa shape index (κ3) is 1.67. The first kappa shape index (κ1) is 12.9. The van der Waals surface area contributed by atoms with Gasteiger partial charge in [-0.3, -0.25) is 0 Å². The average Bonchev–Trinajstić information content (AvgIpc) is 2.99. The Morgan fingerprint density at radius 2 is 2.17 bits per heavy atom. The first-order valence-electron chi connectivity index (χ1n) is 7.67. The maximum Gasteiger partial charge on any atom is 0.0765 e. The Kier molecular flexibility index (Phi) is 3.20. The number of hydrogen-bond acceptors (Lipinski definition) is 3. The highest BCUT2D eigenvalue weighted by atomic mass is 16.5. The Hall–Kier alpha value is -0.120. The van der Waals surface area contributed by atoms with Gasteiger partial charge < -0.3 is 15.6 Å². The SMILES string of the molecule is CCC1CC(O)(C2(CN)CC3CCC2C3)CCO1. The molecule has 3 N–H and O–H groups in total. The van der Waals surface area contributed by atoms with Crippen LogP contribution in [0, 0.1) is 17.3 Å². The van der Waals surface area contributed by atoms with Gasteiger partial charge in [-0.15, -0.1) is 0 Å². The minimum Gasteiger partial charge on any atom is -0.389 e. The molecule has 2 saturated carbocycles. The third-order valence-corrected chi connectivity index (χ3v) is 6.16. The maximum absolute atomic E-state index is 11.3. The van der Waals surface area contributed by atoms with Gasteiger partial charge in [-0.25, -0.2) is 0 Å². The van der Waals surface area contributed by atoms with Crippen LogP contribution in [-0.4, -0.2) is 30.0 Å². The van der Waals surface area contributed by atoms with E-state index in [-0.39, 0.29) is 11.5 Å². The van der Waals surface area contributed by atoms with E-state index in [2.05, 4.69) is 6.92 Å². The van der Waals surface area contributed by atoms with Crippen molar-refractivity contribution < 1.29 is 9.84 Å². The van der Waals surface area contributed by atoms with E-state index < -0.39 is 5.60 Å². The summed E-state index contributed by atoms with van der Waals surface area (Å²) in [6.07, 6.45) is 7.90. The molecule has 5 unspecified atom stereocenters. The molecule has 0 aromatic rings. The van der Waals surface area contributed by atoms with E-state index in [9.17, 15) is 5.11 Å². The van der Waals surface area contributed by atoms with Crippen molar-refractivity contribution in [1.82, 2.24) is 0 Å². The van der Waals surface area contributed by atoms with Crippen LogP contribution in [0.2, 0.25) is 0 Å². The fraction of sp³-hybridized carbons (Fsp3) is 1.00. The predicted molar refractivity (Wildman–Crippen MR) is 71.2 cm³/mol. The average molecular weight is 253 g/mol. The number of aliphatic hydroxyl groups is 1. The van der Waals surface area contributed by atoms with Crippen molar-refractivity contribution in [3.8, 4) is 0 Å². The molecule has 0 aromatic heterocycles. The summed E-state index contributed by atoms with van der Waals surface area (Å²) < 4.78 is 5.75. The summed E-state index contributed by atoms with van der Waals surface area (Å²) in [6, 6.07) is 0. The lowest BCUT2D eigenvalue weighted by atomic mass is 9.59. The van der Waals surface area contributed by atoms with Gasteiger partial charge in [0.25, 0.3) is 0 Å². The molecule has 1 heterocycles. The fourth-order valence-corrected chi connectivity index (χ4v) is 5.10. The molecule has 3 nitrogen and oxygen atoms in total. The van der Waals surface area contributed by atoms with Crippen LogP contribution in [0.4, 0.5) is 0 Å². The molecule has 0 aromatic carbocycles. The summed E-state index contributed by atoms with van der Waals surface area (Å²) in [5.74, 6) is 1.48. The standard InChI is InChI=1S/C15H27NO2/c1-2-13-9-15(17,5-6-18-13)14(10-16)8-11-3-4-12(14)7-11/h11-13,17H,2-10,16H2,1H3. The predicted octanol–water partition coefficient (Wildman–Crippen LogP) is 2.07. The van der Waals surface area contributed by atoms with Crippen molar-refractivity contribution in [3.63, 3.8) is 0 Å². The topological polar surface area (TPSA) is 55.5 Å². The van der Waals surface area contributed by atoms with Crippen LogP contribution in [0.5, 0.6) is 0 Å². The zero-order chi connectivity index (χ0) is 12.8. The Labute approximate surface area is 110 Å². The molecule has 18 heavy (non-hydrogen) atoms. The number of fused-ring (bicyclic) bond motifs is 2. The molecule has 1 aliphatic heterocycles. The Morgan fingerprint density at radius 1 is 1.33 bits per heavy atom. The van der Waals surface area contributed by atoms with Gasteiger partial charge in [-0.1, -0.05) is 13.3 Å². The van der Waals surface area contributed by atoms with Crippen molar-refractivity contribution in [2.75, 3.05) is 13.2 Å². The Balaban J connectivity index is 1.86. The van der Waals surface area contributed by atoms with Gasteiger partial charge in [-0.05, 0) is 37.5 Å². The van der Waals surface area contributed by atoms with Gasteiger partial charge in [0.2, 0.25) is 0 Å². The van der Waals surface area contributed by atoms with Gasteiger partial charge in [0.05, 0.1) is 11.7 Å². The number of rotatable bonds is 3.